The molecule has 3 rings (SSSR count). The molecule has 1 saturated heterocycles. The van der Waals surface area contributed by atoms with Crippen LogP contribution in [-0.4, -0.2) is 33.4 Å². The van der Waals surface area contributed by atoms with E-state index in [4.69, 9.17) is 0 Å². The summed E-state index contributed by atoms with van der Waals surface area (Å²) in [6.45, 7) is 2.50. The van der Waals surface area contributed by atoms with Crippen molar-refractivity contribution < 1.29 is 14.7 Å². The lowest BCUT2D eigenvalue weighted by molar-refractivity contribution is -0.142. The quantitative estimate of drug-likeness (QED) is 0.915. The molecule has 1 aliphatic heterocycles. The Kier molecular flexibility index (Phi) is 4.43. The number of carbonyl (C=O) groups excluding carboxylic acids is 1. The number of carboxylic acid groups (broad SMARTS) is 1. The fourth-order valence-corrected chi connectivity index (χ4v) is 4.09. The summed E-state index contributed by atoms with van der Waals surface area (Å²) < 4.78 is 0. The van der Waals surface area contributed by atoms with Crippen molar-refractivity contribution in [2.45, 2.75) is 25.8 Å². The maximum Gasteiger partial charge on any atom is 0.309 e. The van der Waals surface area contributed by atoms with Crippen LogP contribution in [0.2, 0.25) is 0 Å². The zero-order valence-electron chi connectivity index (χ0n) is 12.8. The van der Waals surface area contributed by atoms with Gasteiger partial charge < -0.3 is 10.0 Å². The third-order valence-electron chi connectivity index (χ3n) is 4.17. The molecule has 0 aromatic carbocycles. The van der Waals surface area contributed by atoms with Crippen LogP contribution in [0.1, 0.15) is 27.8 Å². The van der Waals surface area contributed by atoms with E-state index in [1.807, 2.05) is 31.2 Å². The molecule has 1 N–H and O–H groups in total. The van der Waals surface area contributed by atoms with E-state index in [-0.39, 0.29) is 18.4 Å². The number of aromatic nitrogens is 1. The van der Waals surface area contributed by atoms with Crippen LogP contribution in [-0.2, 0) is 16.0 Å². The van der Waals surface area contributed by atoms with Gasteiger partial charge >= 0.3 is 5.97 Å². The number of likely N-dealkylation sites (tertiary alicyclic amines) is 1. The van der Waals surface area contributed by atoms with Crippen molar-refractivity contribution in [3.8, 4) is 0 Å². The zero-order chi connectivity index (χ0) is 16.4. The van der Waals surface area contributed by atoms with Crippen molar-refractivity contribution in [1.82, 2.24) is 9.88 Å². The lowest BCUT2D eigenvalue weighted by Crippen LogP contribution is -2.32. The Morgan fingerprint density at radius 3 is 2.87 bits per heavy atom. The molecule has 6 heteroatoms. The third kappa shape index (κ3) is 3.27. The van der Waals surface area contributed by atoms with Crippen LogP contribution in [0.5, 0.6) is 0 Å². The molecular formula is C17H18N2O3S. The molecule has 120 valence electrons. The number of thiophene rings is 1. The number of hydrogen-bond donors (Lipinski definition) is 1. The summed E-state index contributed by atoms with van der Waals surface area (Å²) in [7, 11) is 0. The molecule has 5 nitrogen and oxygen atoms in total. The third-order valence-corrected chi connectivity index (χ3v) is 5.24. The first-order valence-electron chi connectivity index (χ1n) is 7.54. The second-order valence-electron chi connectivity index (χ2n) is 5.74. The molecule has 2 atom stereocenters. The van der Waals surface area contributed by atoms with Gasteiger partial charge in [0.15, 0.2) is 0 Å². The lowest BCUT2D eigenvalue weighted by atomic mass is 9.99. The van der Waals surface area contributed by atoms with Gasteiger partial charge in [-0.3, -0.25) is 14.6 Å². The Balaban J connectivity index is 1.83. The van der Waals surface area contributed by atoms with E-state index in [0.29, 0.717) is 13.0 Å². The van der Waals surface area contributed by atoms with E-state index >= 15 is 0 Å². The molecule has 1 amide bonds. The molecule has 0 aliphatic carbocycles. The van der Waals surface area contributed by atoms with Crippen molar-refractivity contribution in [2.75, 3.05) is 6.54 Å². The van der Waals surface area contributed by atoms with Crippen molar-refractivity contribution >= 4 is 23.2 Å². The molecule has 23 heavy (non-hydrogen) atoms. The second kappa shape index (κ2) is 6.50. The van der Waals surface area contributed by atoms with Gasteiger partial charge in [-0.15, -0.1) is 11.3 Å². The Bertz CT molecular complexity index is 714. The second-order valence-corrected chi connectivity index (χ2v) is 7.06. The van der Waals surface area contributed by atoms with Crippen molar-refractivity contribution in [2.24, 2.45) is 5.92 Å². The largest absolute Gasteiger partial charge is 0.481 e. The molecule has 0 saturated carbocycles. The first-order valence-corrected chi connectivity index (χ1v) is 8.35. The molecule has 0 spiro atoms. The van der Waals surface area contributed by atoms with Gasteiger partial charge in [0.05, 0.1) is 12.0 Å². The van der Waals surface area contributed by atoms with Crippen LogP contribution in [0, 0.1) is 12.8 Å². The molecule has 0 bridgehead atoms. The van der Waals surface area contributed by atoms with Crippen molar-refractivity contribution in [3.63, 3.8) is 0 Å². The summed E-state index contributed by atoms with van der Waals surface area (Å²) in [6, 6.07) is 7.38. The van der Waals surface area contributed by atoms with E-state index in [2.05, 4.69) is 4.98 Å². The predicted octanol–water partition coefficient (Wildman–Crippen LogP) is 2.67. The average Bonchev–Trinajstić information content (AvgIpc) is 3.09. The fourth-order valence-electron chi connectivity index (χ4n) is 3.04. The van der Waals surface area contributed by atoms with Crippen LogP contribution >= 0.6 is 11.3 Å². The van der Waals surface area contributed by atoms with E-state index in [1.165, 1.54) is 0 Å². The smallest absolute Gasteiger partial charge is 0.309 e. The summed E-state index contributed by atoms with van der Waals surface area (Å²) >= 11 is 1.56. The Hall–Kier alpha value is -2.21. The highest BCUT2D eigenvalue weighted by atomic mass is 32.1. The summed E-state index contributed by atoms with van der Waals surface area (Å²) in [4.78, 5) is 31.8. The van der Waals surface area contributed by atoms with Gasteiger partial charge in [-0.25, -0.2) is 0 Å². The number of carbonyl (C=O) groups is 2. The average molecular weight is 330 g/mol. The molecule has 2 unspecified atom stereocenters. The molecule has 2 aromatic heterocycles. The fraction of sp³-hybridized carbons (Fsp3) is 0.353. The van der Waals surface area contributed by atoms with Gasteiger partial charge in [-0.2, -0.15) is 0 Å². The normalized spacial score (nSPS) is 20.9. The van der Waals surface area contributed by atoms with E-state index in [1.54, 1.807) is 28.6 Å². The maximum absolute atomic E-state index is 12.4. The van der Waals surface area contributed by atoms with Crippen LogP contribution in [0.3, 0.4) is 0 Å². The van der Waals surface area contributed by atoms with Gasteiger partial charge in [0.1, 0.15) is 0 Å². The highest BCUT2D eigenvalue weighted by Crippen LogP contribution is 2.41. The minimum absolute atomic E-state index is 0.0734. The van der Waals surface area contributed by atoms with E-state index in [9.17, 15) is 14.7 Å². The van der Waals surface area contributed by atoms with Gasteiger partial charge in [0.2, 0.25) is 5.91 Å². The number of aryl methyl sites for hydroxylation is 1. The number of aliphatic carboxylic acids is 1. The van der Waals surface area contributed by atoms with Gasteiger partial charge in [0.25, 0.3) is 0 Å². The van der Waals surface area contributed by atoms with Crippen molar-refractivity contribution in [1.29, 1.82) is 0 Å². The van der Waals surface area contributed by atoms with Crippen LogP contribution in [0.25, 0.3) is 0 Å². The minimum atomic E-state index is -0.904. The Morgan fingerprint density at radius 2 is 2.26 bits per heavy atom. The molecule has 1 fully saturated rings. The first-order chi connectivity index (χ1) is 11.1. The monoisotopic (exact) mass is 330 g/mol. The van der Waals surface area contributed by atoms with Crippen LogP contribution in [0.4, 0.5) is 0 Å². The topological polar surface area (TPSA) is 70.5 Å². The molecule has 1 aliphatic rings. The van der Waals surface area contributed by atoms with Gasteiger partial charge in [-0.05, 0) is 37.1 Å². The lowest BCUT2D eigenvalue weighted by Gasteiger charge is -2.26. The maximum atomic E-state index is 12.4. The Labute approximate surface area is 138 Å². The number of hydrogen-bond acceptors (Lipinski definition) is 4. The highest BCUT2D eigenvalue weighted by Gasteiger charge is 2.44. The number of pyridine rings is 1. The summed E-state index contributed by atoms with van der Waals surface area (Å²) in [6.07, 6.45) is 4.23. The number of carboxylic acids is 1. The van der Waals surface area contributed by atoms with Crippen LogP contribution in [0.15, 0.2) is 36.7 Å². The summed E-state index contributed by atoms with van der Waals surface area (Å²) in [5, 5.41) is 9.49. The van der Waals surface area contributed by atoms with Crippen LogP contribution < -0.4 is 0 Å². The molecule has 0 radical (unpaired) electrons. The number of rotatable bonds is 5. The number of nitrogens with zero attached hydrogens (tertiary/aromatic N) is 2. The highest BCUT2D eigenvalue weighted by molar-refractivity contribution is 7.12. The summed E-state index contributed by atoms with van der Waals surface area (Å²) in [5.74, 6) is -1.66. The van der Waals surface area contributed by atoms with E-state index < -0.39 is 11.9 Å². The zero-order valence-corrected chi connectivity index (χ0v) is 13.6. The standard InChI is InChI=1S/C17H18N2O3S/c1-11-4-5-14(23-11)16-13(17(21)22)9-15(20)19(16)8-6-12-3-2-7-18-10-12/h2-5,7,10,13,16H,6,8-9H2,1H3,(H,21,22). The van der Waals surface area contributed by atoms with Crippen molar-refractivity contribution in [3.05, 3.63) is 52.0 Å². The Morgan fingerprint density at radius 1 is 1.43 bits per heavy atom. The summed E-state index contributed by atoms with van der Waals surface area (Å²) in [5.41, 5.74) is 1.04. The molecular weight excluding hydrogens is 312 g/mol. The first kappa shape index (κ1) is 15.7. The predicted molar refractivity (Wildman–Crippen MR) is 87.2 cm³/mol. The SMILES string of the molecule is Cc1ccc(C2C(C(=O)O)CC(=O)N2CCc2cccnc2)s1. The molecule has 3 heterocycles. The minimum Gasteiger partial charge on any atom is -0.481 e. The van der Waals surface area contributed by atoms with E-state index in [0.717, 1.165) is 15.3 Å². The van der Waals surface area contributed by atoms with Gasteiger partial charge in [0, 0.05) is 35.1 Å². The molecule has 2 aromatic rings. The van der Waals surface area contributed by atoms with Gasteiger partial charge in [-0.1, -0.05) is 6.07 Å². The number of amides is 1.